The molecular weight excluding hydrogens is 292 g/mol. The van der Waals surface area contributed by atoms with Crippen molar-refractivity contribution in [1.82, 2.24) is 9.88 Å². The Morgan fingerprint density at radius 3 is 2.96 bits per heavy atom. The predicted octanol–water partition coefficient (Wildman–Crippen LogP) is 3.75. The Hall–Kier alpha value is -2.56. The zero-order chi connectivity index (χ0) is 15.8. The fourth-order valence-corrected chi connectivity index (χ4v) is 3.16. The number of aromatic nitrogens is 1. The minimum absolute atomic E-state index is 0.0479. The molecular formula is C18H18N2O3. The second kappa shape index (κ2) is 5.57. The molecule has 0 saturated carbocycles. The summed E-state index contributed by atoms with van der Waals surface area (Å²) >= 11 is 0. The average molecular weight is 310 g/mol. The lowest BCUT2D eigenvalue weighted by molar-refractivity contribution is 0.0665. The molecule has 1 unspecified atom stereocenters. The van der Waals surface area contributed by atoms with Crippen molar-refractivity contribution >= 4 is 17.0 Å². The number of likely N-dealkylation sites (tertiary alicyclic amines) is 1. The van der Waals surface area contributed by atoms with Gasteiger partial charge in [-0.15, -0.1) is 0 Å². The first-order valence-electron chi connectivity index (χ1n) is 7.91. The fourth-order valence-electron chi connectivity index (χ4n) is 3.16. The maximum absolute atomic E-state index is 12.6. The lowest BCUT2D eigenvalue weighted by Gasteiger charge is -2.30. The van der Waals surface area contributed by atoms with E-state index in [4.69, 9.17) is 8.83 Å². The van der Waals surface area contributed by atoms with Gasteiger partial charge in [0.05, 0.1) is 12.2 Å². The van der Waals surface area contributed by atoms with E-state index in [1.165, 1.54) is 0 Å². The molecule has 5 heteroatoms. The molecule has 1 amide bonds. The van der Waals surface area contributed by atoms with Crippen LogP contribution >= 0.6 is 0 Å². The van der Waals surface area contributed by atoms with Crippen LogP contribution in [0.5, 0.6) is 0 Å². The standard InChI is InChI=1S/C18H18N2O3/c1-12-8-10-22-16(12)18(21)20-9-4-5-13(11-20)17-19-14-6-2-3-7-15(14)23-17/h2-3,6-8,10,13H,4-5,9,11H2,1H3. The Morgan fingerprint density at radius 2 is 2.17 bits per heavy atom. The van der Waals surface area contributed by atoms with E-state index < -0.39 is 0 Å². The van der Waals surface area contributed by atoms with Gasteiger partial charge in [0.25, 0.3) is 5.91 Å². The number of carbonyl (C=O) groups is 1. The van der Waals surface area contributed by atoms with Crippen molar-refractivity contribution in [2.45, 2.75) is 25.7 Å². The molecule has 1 saturated heterocycles. The van der Waals surface area contributed by atoms with Crippen LogP contribution in [-0.2, 0) is 0 Å². The highest BCUT2D eigenvalue weighted by Gasteiger charge is 2.30. The van der Waals surface area contributed by atoms with E-state index >= 15 is 0 Å². The van der Waals surface area contributed by atoms with Gasteiger partial charge >= 0.3 is 0 Å². The number of fused-ring (bicyclic) bond motifs is 1. The quantitative estimate of drug-likeness (QED) is 0.723. The number of hydrogen-bond donors (Lipinski definition) is 0. The first kappa shape index (κ1) is 14.1. The molecule has 0 radical (unpaired) electrons. The smallest absolute Gasteiger partial charge is 0.289 e. The number of nitrogens with zero attached hydrogens (tertiary/aromatic N) is 2. The molecule has 23 heavy (non-hydrogen) atoms. The summed E-state index contributed by atoms with van der Waals surface area (Å²) < 4.78 is 11.2. The molecule has 5 nitrogen and oxygen atoms in total. The fraction of sp³-hybridized carbons (Fsp3) is 0.333. The highest BCUT2D eigenvalue weighted by Crippen LogP contribution is 2.30. The van der Waals surface area contributed by atoms with Crippen LogP contribution in [0.15, 0.2) is 45.4 Å². The second-order valence-electron chi connectivity index (χ2n) is 6.04. The normalized spacial score (nSPS) is 18.5. The monoisotopic (exact) mass is 310 g/mol. The number of carbonyl (C=O) groups excluding carboxylic acids is 1. The van der Waals surface area contributed by atoms with Crippen LogP contribution in [0.4, 0.5) is 0 Å². The summed E-state index contributed by atoms with van der Waals surface area (Å²) in [5.74, 6) is 1.24. The number of amides is 1. The average Bonchev–Trinajstić information content (AvgIpc) is 3.20. The van der Waals surface area contributed by atoms with E-state index in [9.17, 15) is 4.79 Å². The van der Waals surface area contributed by atoms with Gasteiger partial charge in [0.1, 0.15) is 5.52 Å². The van der Waals surface area contributed by atoms with Gasteiger partial charge in [-0.1, -0.05) is 12.1 Å². The van der Waals surface area contributed by atoms with Crippen LogP contribution in [0.3, 0.4) is 0 Å². The zero-order valence-corrected chi connectivity index (χ0v) is 13.0. The van der Waals surface area contributed by atoms with Gasteiger partial charge < -0.3 is 13.7 Å². The third-order valence-electron chi connectivity index (χ3n) is 4.42. The number of hydrogen-bond acceptors (Lipinski definition) is 4. The highest BCUT2D eigenvalue weighted by molar-refractivity contribution is 5.93. The first-order valence-corrected chi connectivity index (χ1v) is 7.91. The Balaban J connectivity index is 1.57. The van der Waals surface area contributed by atoms with Gasteiger partial charge in [-0.2, -0.15) is 0 Å². The highest BCUT2D eigenvalue weighted by atomic mass is 16.4. The zero-order valence-electron chi connectivity index (χ0n) is 13.0. The number of para-hydroxylation sites is 2. The van der Waals surface area contributed by atoms with Crippen molar-refractivity contribution in [3.8, 4) is 0 Å². The Morgan fingerprint density at radius 1 is 1.30 bits per heavy atom. The lowest BCUT2D eigenvalue weighted by atomic mass is 9.97. The lowest BCUT2D eigenvalue weighted by Crippen LogP contribution is -2.39. The van der Waals surface area contributed by atoms with Crippen molar-refractivity contribution < 1.29 is 13.6 Å². The van der Waals surface area contributed by atoms with Crippen molar-refractivity contribution in [1.29, 1.82) is 0 Å². The molecule has 2 aromatic heterocycles. The van der Waals surface area contributed by atoms with Crippen molar-refractivity contribution in [2.75, 3.05) is 13.1 Å². The van der Waals surface area contributed by atoms with Crippen LogP contribution in [0, 0.1) is 6.92 Å². The van der Waals surface area contributed by atoms with Crippen LogP contribution in [-0.4, -0.2) is 28.9 Å². The minimum Gasteiger partial charge on any atom is -0.459 e. The van der Waals surface area contributed by atoms with Gasteiger partial charge in [0.15, 0.2) is 17.2 Å². The van der Waals surface area contributed by atoms with Crippen molar-refractivity contribution in [3.63, 3.8) is 0 Å². The molecule has 0 N–H and O–H groups in total. The number of aryl methyl sites for hydroxylation is 1. The first-order chi connectivity index (χ1) is 11.2. The van der Waals surface area contributed by atoms with Gasteiger partial charge in [-0.25, -0.2) is 4.98 Å². The summed E-state index contributed by atoms with van der Waals surface area (Å²) in [6.07, 6.45) is 3.48. The molecule has 1 fully saturated rings. The third-order valence-corrected chi connectivity index (χ3v) is 4.42. The summed E-state index contributed by atoms with van der Waals surface area (Å²) in [5.41, 5.74) is 2.54. The summed E-state index contributed by atoms with van der Waals surface area (Å²) in [5, 5.41) is 0. The molecule has 1 atom stereocenters. The number of benzene rings is 1. The van der Waals surface area contributed by atoms with E-state index in [0.717, 1.165) is 41.9 Å². The van der Waals surface area contributed by atoms with E-state index in [2.05, 4.69) is 4.98 Å². The molecule has 3 heterocycles. The molecule has 1 aromatic carbocycles. The molecule has 0 aliphatic carbocycles. The van der Waals surface area contributed by atoms with Gasteiger partial charge in [-0.05, 0) is 38.0 Å². The molecule has 1 aliphatic rings. The van der Waals surface area contributed by atoms with Crippen LogP contribution in [0.2, 0.25) is 0 Å². The topological polar surface area (TPSA) is 59.5 Å². The van der Waals surface area contributed by atoms with Crippen molar-refractivity contribution in [2.24, 2.45) is 0 Å². The second-order valence-corrected chi connectivity index (χ2v) is 6.04. The predicted molar refractivity (Wildman–Crippen MR) is 85.3 cm³/mol. The van der Waals surface area contributed by atoms with E-state index in [1.54, 1.807) is 6.26 Å². The summed E-state index contributed by atoms with van der Waals surface area (Å²) in [6.45, 7) is 3.25. The molecule has 4 rings (SSSR count). The number of furan rings is 1. The Bertz CT molecular complexity index is 816. The number of rotatable bonds is 2. The molecule has 0 bridgehead atoms. The van der Waals surface area contributed by atoms with Crippen LogP contribution in [0.25, 0.3) is 11.1 Å². The van der Waals surface area contributed by atoms with E-state index in [0.29, 0.717) is 12.3 Å². The van der Waals surface area contributed by atoms with Crippen LogP contribution < -0.4 is 0 Å². The SMILES string of the molecule is Cc1ccoc1C(=O)N1CCCC(c2nc3ccccc3o2)C1. The molecule has 3 aromatic rings. The van der Waals surface area contributed by atoms with Gasteiger partial charge in [-0.3, -0.25) is 4.79 Å². The number of piperidine rings is 1. The van der Waals surface area contributed by atoms with Crippen LogP contribution in [0.1, 0.15) is 40.8 Å². The third kappa shape index (κ3) is 2.52. The maximum Gasteiger partial charge on any atom is 0.289 e. The van der Waals surface area contributed by atoms with Crippen molar-refractivity contribution in [3.05, 3.63) is 53.8 Å². The largest absolute Gasteiger partial charge is 0.459 e. The minimum atomic E-state index is -0.0479. The Labute approximate surface area is 133 Å². The summed E-state index contributed by atoms with van der Waals surface area (Å²) in [6, 6.07) is 9.57. The molecule has 1 aliphatic heterocycles. The summed E-state index contributed by atoms with van der Waals surface area (Å²) in [7, 11) is 0. The molecule has 0 spiro atoms. The Kier molecular flexibility index (Phi) is 3.41. The number of oxazole rings is 1. The van der Waals surface area contributed by atoms with E-state index in [1.807, 2.05) is 42.2 Å². The summed E-state index contributed by atoms with van der Waals surface area (Å²) in [4.78, 5) is 19.0. The molecule has 118 valence electrons. The van der Waals surface area contributed by atoms with Gasteiger partial charge in [0, 0.05) is 18.7 Å². The van der Waals surface area contributed by atoms with E-state index in [-0.39, 0.29) is 11.8 Å². The van der Waals surface area contributed by atoms with Gasteiger partial charge in [0.2, 0.25) is 0 Å². The maximum atomic E-state index is 12.6.